The molecule has 5 saturated heterocycles. The summed E-state index contributed by atoms with van der Waals surface area (Å²) in [6.45, 7) is 24.3. The fourth-order valence-corrected chi connectivity index (χ4v) is 11.5. The van der Waals surface area contributed by atoms with E-state index in [9.17, 15) is 19.2 Å². The minimum atomic E-state index is -0.562. The minimum absolute atomic E-state index is 0.0177. The number of nitrogens with zero attached hydrogens (tertiary/aromatic N) is 8. The summed E-state index contributed by atoms with van der Waals surface area (Å²) < 4.78 is 35.6. The first-order valence-electron chi connectivity index (χ1n) is 29.3. The van der Waals surface area contributed by atoms with E-state index in [1.54, 1.807) is 37.7 Å². The van der Waals surface area contributed by atoms with Crippen LogP contribution in [-0.4, -0.2) is 153 Å². The van der Waals surface area contributed by atoms with Crippen molar-refractivity contribution in [3.05, 3.63) is 137 Å². The van der Waals surface area contributed by atoms with Crippen molar-refractivity contribution in [3.63, 3.8) is 0 Å². The number of urea groups is 2. The lowest BCUT2D eigenvalue weighted by atomic mass is 9.82. The number of ether oxygens (including phenoxy) is 4. The average molecular weight is 1240 g/mol. The Kier molecular flexibility index (Phi) is 18.7. The molecule has 0 bridgehead atoms. The quantitative estimate of drug-likeness (QED) is 0.123. The Bertz CT molecular complexity index is 3300. The van der Waals surface area contributed by atoms with Crippen LogP contribution in [-0.2, 0) is 31.9 Å². The van der Waals surface area contributed by atoms with Gasteiger partial charge in [-0.2, -0.15) is 14.9 Å². The molecule has 5 amide bonds. The predicted octanol–water partition coefficient (Wildman–Crippen LogP) is 11.3. The maximum atomic E-state index is 13.7. The highest BCUT2D eigenvalue weighted by Crippen LogP contribution is 2.42. The van der Waals surface area contributed by atoms with E-state index >= 15 is 0 Å². The largest absolute Gasteiger partial charge is 0.498 e. The highest BCUT2D eigenvalue weighted by Gasteiger charge is 2.54. The molecule has 5 aliphatic heterocycles. The Balaban J connectivity index is 0.000000159. The molecule has 2 aromatic heterocycles. The number of aromatic nitrogens is 4. The van der Waals surface area contributed by atoms with Gasteiger partial charge in [0, 0.05) is 71.6 Å². The molecule has 22 heteroatoms. The van der Waals surface area contributed by atoms with Gasteiger partial charge in [-0.25, -0.2) is 19.2 Å². The molecule has 0 unspecified atom stereocenters. The maximum Gasteiger partial charge on any atom is 0.498 e. The van der Waals surface area contributed by atoms with Crippen molar-refractivity contribution in [1.29, 1.82) is 0 Å². The summed E-state index contributed by atoms with van der Waals surface area (Å²) >= 11 is 3.47. The van der Waals surface area contributed by atoms with Crippen LogP contribution in [0.3, 0.4) is 0 Å². The van der Waals surface area contributed by atoms with E-state index in [2.05, 4.69) is 47.5 Å². The Morgan fingerprint density at radius 3 is 1.62 bits per heavy atom. The number of benzene rings is 4. The molecule has 4 aromatic carbocycles. The number of rotatable bonds is 10. The Morgan fingerprint density at radius 2 is 1.14 bits per heavy atom. The van der Waals surface area contributed by atoms with Crippen molar-refractivity contribution in [2.24, 2.45) is 0 Å². The van der Waals surface area contributed by atoms with Gasteiger partial charge in [-0.15, -0.1) is 0 Å². The number of anilines is 2. The van der Waals surface area contributed by atoms with Gasteiger partial charge in [-0.1, -0.05) is 52.3 Å². The van der Waals surface area contributed by atoms with Crippen LogP contribution in [0.4, 0.5) is 30.6 Å². The maximum absolute atomic E-state index is 13.7. The van der Waals surface area contributed by atoms with E-state index in [1.165, 1.54) is 0 Å². The number of methoxy groups -OCH3 is 2. The van der Waals surface area contributed by atoms with Gasteiger partial charge in [0.2, 0.25) is 0 Å². The van der Waals surface area contributed by atoms with Crippen LogP contribution in [0.2, 0.25) is 0 Å². The first-order valence-corrected chi connectivity index (χ1v) is 30.1. The van der Waals surface area contributed by atoms with Gasteiger partial charge in [0.05, 0.1) is 55.8 Å². The normalized spacial score (nSPS) is 18.6. The Morgan fingerprint density at radius 1 is 0.651 bits per heavy atom. The molecule has 5 fully saturated rings. The lowest BCUT2D eigenvalue weighted by Gasteiger charge is -2.43. The summed E-state index contributed by atoms with van der Waals surface area (Å²) in [6.07, 6.45) is 9.28. The lowest BCUT2D eigenvalue weighted by molar-refractivity contribution is 0.00578. The molecule has 0 radical (unpaired) electrons. The van der Waals surface area contributed by atoms with Crippen molar-refractivity contribution >= 4 is 64.1 Å². The number of piperidine rings is 2. The number of likely N-dealkylation sites (tertiary alicyclic amines) is 1. The van der Waals surface area contributed by atoms with Crippen LogP contribution >= 0.6 is 15.9 Å². The van der Waals surface area contributed by atoms with Gasteiger partial charge in [0.25, 0.3) is 0 Å². The SMILES string of the molecule is CC(C)(C)OC(=O)n1cc(B2OC(C)(C)C(C)(C)O2)cn1.COc1cccc(CN2C(=O)N(c3ccc(-c4cn[nH]c4)cc3)CC23CCNCC3)c1.COc1cccc(CN2C(=O)N(c3ccc(Br)cc3)CC23CCN(C(=O)OC(C)(C)C)CC3)c1. The number of amides is 5. The molecule has 458 valence electrons. The van der Waals surface area contributed by atoms with E-state index in [0.717, 1.165) is 80.2 Å². The number of hydrogen-bond acceptors (Lipinski definition) is 13. The smallest absolute Gasteiger partial charge is 0.497 e. The zero-order valence-corrected chi connectivity index (χ0v) is 53.2. The van der Waals surface area contributed by atoms with Crippen LogP contribution in [0, 0.1) is 0 Å². The number of halogens is 1. The van der Waals surface area contributed by atoms with Crippen LogP contribution in [0.25, 0.3) is 11.1 Å². The number of carbonyl (C=O) groups excluding carboxylic acids is 4. The Hall–Kier alpha value is -7.40. The van der Waals surface area contributed by atoms with Gasteiger partial charge in [0.15, 0.2) is 0 Å². The predicted molar refractivity (Wildman–Crippen MR) is 335 cm³/mol. The molecule has 0 aliphatic carbocycles. The number of aromatic amines is 1. The summed E-state index contributed by atoms with van der Waals surface area (Å²) in [4.78, 5) is 61.6. The second kappa shape index (κ2) is 25.5. The third-order valence-corrected chi connectivity index (χ3v) is 17.2. The van der Waals surface area contributed by atoms with Gasteiger partial charge < -0.3 is 48.3 Å². The van der Waals surface area contributed by atoms with Gasteiger partial charge >= 0.3 is 31.4 Å². The first-order chi connectivity index (χ1) is 40.7. The van der Waals surface area contributed by atoms with E-state index in [1.807, 2.05) is 181 Å². The topological polar surface area (TPSA) is 198 Å². The van der Waals surface area contributed by atoms with Crippen molar-refractivity contribution in [2.45, 2.75) is 141 Å². The highest BCUT2D eigenvalue weighted by molar-refractivity contribution is 9.10. The summed E-state index contributed by atoms with van der Waals surface area (Å²) in [7, 11) is 2.78. The van der Waals surface area contributed by atoms with E-state index in [-0.39, 0.29) is 29.2 Å². The van der Waals surface area contributed by atoms with E-state index in [0.29, 0.717) is 57.6 Å². The Labute approximate surface area is 514 Å². The van der Waals surface area contributed by atoms with Gasteiger partial charge in [-0.05, 0) is 185 Å². The molecular weight excluding hydrogens is 1160 g/mol. The molecular formula is C64H82BBrN10O10. The number of carbonyl (C=O) groups is 4. The van der Waals surface area contributed by atoms with Gasteiger partial charge in [0.1, 0.15) is 22.7 Å². The van der Waals surface area contributed by atoms with Crippen LogP contribution in [0.15, 0.2) is 126 Å². The van der Waals surface area contributed by atoms with Crippen LogP contribution < -0.4 is 30.1 Å². The third kappa shape index (κ3) is 14.5. The lowest BCUT2D eigenvalue weighted by Crippen LogP contribution is -2.55. The van der Waals surface area contributed by atoms with Crippen LogP contribution in [0.1, 0.15) is 106 Å². The molecule has 7 heterocycles. The first kappa shape index (κ1) is 63.1. The number of hydrogen-bond donors (Lipinski definition) is 2. The van der Waals surface area contributed by atoms with E-state index < -0.39 is 35.6 Å². The molecule has 6 aromatic rings. The van der Waals surface area contributed by atoms with Crippen molar-refractivity contribution in [3.8, 4) is 22.6 Å². The molecule has 2 spiro atoms. The van der Waals surface area contributed by atoms with Gasteiger partial charge in [-0.3, -0.25) is 14.9 Å². The minimum Gasteiger partial charge on any atom is -0.497 e. The monoisotopic (exact) mass is 1240 g/mol. The zero-order chi connectivity index (χ0) is 61.8. The number of nitrogens with one attached hydrogen (secondary N) is 2. The second-order valence-corrected chi connectivity index (χ2v) is 26.5. The van der Waals surface area contributed by atoms with E-state index in [4.69, 9.17) is 28.3 Å². The summed E-state index contributed by atoms with van der Waals surface area (Å²) in [6, 6.07) is 31.9. The van der Waals surface area contributed by atoms with Crippen LogP contribution in [0.5, 0.6) is 11.5 Å². The zero-order valence-electron chi connectivity index (χ0n) is 51.6. The van der Waals surface area contributed by atoms with Crippen molar-refractivity contribution in [1.82, 2.24) is 40.0 Å². The molecule has 20 nitrogen and oxygen atoms in total. The standard InChI is InChI=1S/C26H32BrN3O4.C24H27N5O2.C14H23BN2O4/c1-25(2,3)34-24(32)28-14-12-26(13-15-28)18-29(21-10-8-20(27)9-11-21)23(31)30(26)17-19-6-5-7-22(16-19)33-4;1-31-22-4-2-3-18(13-22)16-29-23(30)28(17-24(29)9-11-25-12-10-24)21-7-5-19(6-8-21)20-14-26-27-15-20;1-12(2,3)19-11(18)17-9-10(8-16-17)15-20-13(4,5)14(6,7)21-15/h5-11,16H,12-15,17-18H2,1-4H3;2-8,13-15,25H,9-12,16-17H2,1H3,(H,26,27);8-9H,1-7H3. The second-order valence-electron chi connectivity index (χ2n) is 25.6. The fraction of sp³-hybridized carbons (Fsp3) is 0.469. The molecule has 86 heavy (non-hydrogen) atoms. The molecule has 0 atom stereocenters. The molecule has 2 N–H and O–H groups in total. The average Bonchev–Trinajstić information content (AvgIpc) is 1.87. The summed E-state index contributed by atoms with van der Waals surface area (Å²) in [5.74, 6) is 1.58. The van der Waals surface area contributed by atoms with Crippen molar-refractivity contribution in [2.75, 3.05) is 63.3 Å². The molecule has 0 saturated carbocycles. The highest BCUT2D eigenvalue weighted by atomic mass is 79.9. The van der Waals surface area contributed by atoms with Crippen molar-refractivity contribution < 1.29 is 47.4 Å². The summed E-state index contributed by atoms with van der Waals surface area (Å²) in [5.41, 5.74) is 4.24. The molecule has 11 rings (SSSR count). The molecule has 5 aliphatic rings. The third-order valence-electron chi connectivity index (χ3n) is 16.7. The number of H-pyrrole nitrogens is 1. The fourth-order valence-electron chi connectivity index (χ4n) is 11.3. The summed E-state index contributed by atoms with van der Waals surface area (Å²) in [5, 5.41) is 14.3.